The van der Waals surface area contributed by atoms with Crippen LogP contribution >= 0.6 is 22.9 Å². The van der Waals surface area contributed by atoms with Crippen molar-refractivity contribution in [2.75, 3.05) is 7.11 Å². The predicted molar refractivity (Wildman–Crippen MR) is 68.3 cm³/mol. The SMILES string of the molecule is COc1csc(C(N)c2c(F)cccc2Cl)c1. The molecular formula is C12H11ClFNOS. The summed E-state index contributed by atoms with van der Waals surface area (Å²) < 4.78 is 18.8. The topological polar surface area (TPSA) is 35.2 Å². The standard InChI is InChI=1S/C12H11ClFNOS/c1-16-7-5-10(17-6-7)12(15)11-8(13)3-2-4-9(11)14/h2-6,12H,15H2,1H3. The Kier molecular flexibility index (Phi) is 3.66. The van der Waals surface area contributed by atoms with Crippen molar-refractivity contribution in [3.63, 3.8) is 0 Å². The summed E-state index contributed by atoms with van der Waals surface area (Å²) in [7, 11) is 1.58. The summed E-state index contributed by atoms with van der Waals surface area (Å²) in [6, 6.07) is 5.76. The van der Waals surface area contributed by atoms with Crippen molar-refractivity contribution in [1.82, 2.24) is 0 Å². The van der Waals surface area contributed by atoms with Crippen LogP contribution in [0.4, 0.5) is 4.39 Å². The predicted octanol–water partition coefficient (Wildman–Crippen LogP) is 3.60. The zero-order chi connectivity index (χ0) is 12.4. The van der Waals surface area contributed by atoms with Crippen molar-refractivity contribution >= 4 is 22.9 Å². The molecule has 0 bridgehead atoms. The summed E-state index contributed by atoms with van der Waals surface area (Å²) in [6.07, 6.45) is 0. The number of methoxy groups -OCH3 is 1. The average Bonchev–Trinajstić information content (AvgIpc) is 2.77. The molecule has 1 heterocycles. The van der Waals surface area contributed by atoms with Gasteiger partial charge in [0.1, 0.15) is 11.6 Å². The Labute approximate surface area is 108 Å². The van der Waals surface area contributed by atoms with E-state index in [1.165, 1.54) is 17.4 Å². The van der Waals surface area contributed by atoms with Crippen molar-refractivity contribution in [2.45, 2.75) is 6.04 Å². The van der Waals surface area contributed by atoms with Crippen molar-refractivity contribution in [2.24, 2.45) is 5.73 Å². The minimum Gasteiger partial charge on any atom is -0.496 e. The van der Waals surface area contributed by atoms with Crippen molar-refractivity contribution in [3.05, 3.63) is 50.9 Å². The molecule has 0 spiro atoms. The Balaban J connectivity index is 2.39. The molecule has 0 amide bonds. The Hall–Kier alpha value is -1.10. The van der Waals surface area contributed by atoms with Gasteiger partial charge in [0, 0.05) is 20.8 Å². The van der Waals surface area contributed by atoms with Gasteiger partial charge in [-0.2, -0.15) is 0 Å². The highest BCUT2D eigenvalue weighted by Gasteiger charge is 2.18. The second-order valence-corrected chi connectivity index (χ2v) is 4.85. The molecule has 17 heavy (non-hydrogen) atoms. The van der Waals surface area contributed by atoms with E-state index in [0.717, 1.165) is 4.88 Å². The lowest BCUT2D eigenvalue weighted by Crippen LogP contribution is -2.12. The maximum Gasteiger partial charge on any atom is 0.129 e. The van der Waals surface area contributed by atoms with Gasteiger partial charge in [0.25, 0.3) is 0 Å². The van der Waals surface area contributed by atoms with E-state index in [0.29, 0.717) is 16.3 Å². The van der Waals surface area contributed by atoms with Gasteiger partial charge in [0.2, 0.25) is 0 Å². The van der Waals surface area contributed by atoms with E-state index in [-0.39, 0.29) is 0 Å². The van der Waals surface area contributed by atoms with E-state index in [4.69, 9.17) is 22.1 Å². The lowest BCUT2D eigenvalue weighted by Gasteiger charge is -2.12. The summed E-state index contributed by atoms with van der Waals surface area (Å²) >= 11 is 7.39. The van der Waals surface area contributed by atoms with Gasteiger partial charge in [0.15, 0.2) is 0 Å². The van der Waals surface area contributed by atoms with Gasteiger partial charge in [0.05, 0.1) is 13.2 Å². The number of thiophene rings is 1. The molecule has 2 rings (SSSR count). The summed E-state index contributed by atoms with van der Waals surface area (Å²) in [5.74, 6) is 0.324. The maximum atomic E-state index is 13.7. The molecule has 0 fully saturated rings. The van der Waals surface area contributed by atoms with Gasteiger partial charge >= 0.3 is 0 Å². The molecule has 1 atom stereocenters. The van der Waals surface area contributed by atoms with Crippen LogP contribution in [-0.4, -0.2) is 7.11 Å². The number of hydrogen-bond donors (Lipinski definition) is 1. The lowest BCUT2D eigenvalue weighted by atomic mass is 10.1. The Morgan fingerprint density at radius 1 is 1.47 bits per heavy atom. The Morgan fingerprint density at radius 2 is 2.24 bits per heavy atom. The summed E-state index contributed by atoms with van der Waals surface area (Å²) in [5, 5.41) is 2.16. The van der Waals surface area contributed by atoms with Gasteiger partial charge in [-0.3, -0.25) is 0 Å². The van der Waals surface area contributed by atoms with E-state index in [1.807, 2.05) is 5.38 Å². The van der Waals surface area contributed by atoms with Crippen LogP contribution in [0.15, 0.2) is 29.6 Å². The number of nitrogens with two attached hydrogens (primary N) is 1. The molecule has 0 saturated carbocycles. The first kappa shape index (κ1) is 12.4. The molecule has 0 aliphatic heterocycles. The molecule has 0 aliphatic rings. The third kappa shape index (κ3) is 2.44. The van der Waals surface area contributed by atoms with E-state index in [1.54, 1.807) is 25.3 Å². The normalized spacial score (nSPS) is 12.5. The molecule has 1 aromatic carbocycles. The van der Waals surface area contributed by atoms with Crippen LogP contribution < -0.4 is 10.5 Å². The van der Waals surface area contributed by atoms with Gasteiger partial charge in [-0.15, -0.1) is 11.3 Å². The summed E-state index contributed by atoms with van der Waals surface area (Å²) in [6.45, 7) is 0. The monoisotopic (exact) mass is 271 g/mol. The van der Waals surface area contributed by atoms with Crippen LogP contribution in [0.1, 0.15) is 16.5 Å². The minimum absolute atomic E-state index is 0.318. The van der Waals surface area contributed by atoms with E-state index >= 15 is 0 Å². The number of rotatable bonds is 3. The average molecular weight is 272 g/mol. The van der Waals surface area contributed by atoms with E-state index in [2.05, 4.69) is 0 Å². The van der Waals surface area contributed by atoms with Crippen molar-refractivity contribution in [1.29, 1.82) is 0 Å². The van der Waals surface area contributed by atoms with Crippen molar-refractivity contribution < 1.29 is 9.13 Å². The van der Waals surface area contributed by atoms with Gasteiger partial charge in [-0.25, -0.2) is 4.39 Å². The second kappa shape index (κ2) is 5.04. The third-order valence-corrected chi connectivity index (χ3v) is 3.77. The highest BCUT2D eigenvalue weighted by Crippen LogP contribution is 2.33. The number of benzene rings is 1. The molecule has 0 radical (unpaired) electrons. The third-order valence-electron chi connectivity index (χ3n) is 2.45. The number of ether oxygens (including phenoxy) is 1. The largest absolute Gasteiger partial charge is 0.496 e. The molecule has 0 aliphatic carbocycles. The van der Waals surface area contributed by atoms with Crippen LogP contribution in [0.25, 0.3) is 0 Å². The molecule has 1 aromatic heterocycles. The molecule has 2 aromatic rings. The smallest absolute Gasteiger partial charge is 0.129 e. The highest BCUT2D eigenvalue weighted by atomic mass is 35.5. The quantitative estimate of drug-likeness (QED) is 0.926. The van der Waals surface area contributed by atoms with Crippen molar-refractivity contribution in [3.8, 4) is 5.75 Å². The van der Waals surface area contributed by atoms with Crippen LogP contribution in [-0.2, 0) is 0 Å². The number of halogens is 2. The molecule has 2 nitrogen and oxygen atoms in total. The van der Waals surface area contributed by atoms with E-state index < -0.39 is 11.9 Å². The zero-order valence-electron chi connectivity index (χ0n) is 9.11. The molecule has 2 N–H and O–H groups in total. The lowest BCUT2D eigenvalue weighted by molar-refractivity contribution is 0.416. The Bertz CT molecular complexity index is 509. The van der Waals surface area contributed by atoms with Crippen LogP contribution in [0.3, 0.4) is 0 Å². The highest BCUT2D eigenvalue weighted by molar-refractivity contribution is 7.10. The van der Waals surface area contributed by atoms with Gasteiger partial charge < -0.3 is 10.5 Å². The second-order valence-electron chi connectivity index (χ2n) is 3.50. The fourth-order valence-electron chi connectivity index (χ4n) is 1.55. The maximum absolute atomic E-state index is 13.7. The first-order valence-corrected chi connectivity index (χ1v) is 6.21. The molecule has 90 valence electrons. The Morgan fingerprint density at radius 3 is 2.82 bits per heavy atom. The first-order chi connectivity index (χ1) is 8.13. The fraction of sp³-hybridized carbons (Fsp3) is 0.167. The van der Waals surface area contributed by atoms with Crippen LogP contribution in [0.5, 0.6) is 5.75 Å². The first-order valence-electron chi connectivity index (χ1n) is 4.95. The van der Waals surface area contributed by atoms with Gasteiger partial charge in [-0.05, 0) is 18.2 Å². The fourth-order valence-corrected chi connectivity index (χ4v) is 2.70. The summed E-state index contributed by atoms with van der Waals surface area (Å²) in [5.41, 5.74) is 6.33. The van der Waals surface area contributed by atoms with Crippen LogP contribution in [0.2, 0.25) is 5.02 Å². The zero-order valence-corrected chi connectivity index (χ0v) is 10.7. The molecule has 5 heteroatoms. The summed E-state index contributed by atoms with van der Waals surface area (Å²) in [4.78, 5) is 0.814. The number of hydrogen-bond acceptors (Lipinski definition) is 3. The van der Waals surface area contributed by atoms with Gasteiger partial charge in [-0.1, -0.05) is 17.7 Å². The molecular weight excluding hydrogens is 261 g/mol. The van der Waals surface area contributed by atoms with E-state index in [9.17, 15) is 4.39 Å². The van der Waals surface area contributed by atoms with Crippen LogP contribution in [0, 0.1) is 5.82 Å². The minimum atomic E-state index is -0.572. The molecule has 0 saturated heterocycles. The molecule has 1 unspecified atom stereocenters.